The van der Waals surface area contributed by atoms with Crippen LogP contribution in [-0.4, -0.2) is 41.0 Å². The number of benzene rings is 1. The molecule has 3 aromatic rings. The van der Waals surface area contributed by atoms with E-state index in [2.05, 4.69) is 40.9 Å². The first-order chi connectivity index (χ1) is 12.9. The Bertz CT molecular complexity index is 1050. The van der Waals surface area contributed by atoms with Crippen molar-refractivity contribution in [3.05, 3.63) is 58.8 Å². The maximum Gasteiger partial charge on any atom is 0.241 e. The number of hydrogen-bond donors (Lipinski definition) is 2. The van der Waals surface area contributed by atoms with Gasteiger partial charge in [0.15, 0.2) is 0 Å². The quantitative estimate of drug-likeness (QED) is 0.535. The predicted octanol–water partition coefficient (Wildman–Crippen LogP) is 2.43. The smallest absolute Gasteiger partial charge is 0.241 e. The first-order valence-corrected chi connectivity index (χ1v) is 10.5. The lowest BCUT2D eigenvalue weighted by atomic mass is 10.4. The molecule has 27 heavy (non-hydrogen) atoms. The minimum atomic E-state index is -3.58. The van der Waals surface area contributed by atoms with E-state index < -0.39 is 10.0 Å². The summed E-state index contributed by atoms with van der Waals surface area (Å²) in [6.45, 7) is 4.28. The number of halogens is 1. The van der Waals surface area contributed by atoms with Crippen molar-refractivity contribution in [3.63, 3.8) is 0 Å². The van der Waals surface area contributed by atoms with Gasteiger partial charge in [-0.15, -0.1) is 0 Å². The van der Waals surface area contributed by atoms with Crippen molar-refractivity contribution < 1.29 is 8.42 Å². The minimum Gasteiger partial charge on any atom is -0.369 e. The zero-order valence-corrected chi connectivity index (χ0v) is 17.2. The van der Waals surface area contributed by atoms with Gasteiger partial charge in [-0.1, -0.05) is 12.1 Å². The molecule has 0 saturated heterocycles. The first-order valence-electron chi connectivity index (χ1n) is 8.21. The fraction of sp³-hybridized carbons (Fsp3) is 0.235. The number of imidazole rings is 1. The van der Waals surface area contributed by atoms with Gasteiger partial charge < -0.3 is 5.32 Å². The van der Waals surface area contributed by atoms with Gasteiger partial charge >= 0.3 is 0 Å². The van der Waals surface area contributed by atoms with Gasteiger partial charge in [-0.25, -0.2) is 28.1 Å². The van der Waals surface area contributed by atoms with E-state index in [1.54, 1.807) is 43.5 Å². The number of nitrogens with zero attached hydrogens (tertiary/aromatic N) is 4. The first kappa shape index (κ1) is 19.5. The molecular formula is C17H19BrN6O2S. The van der Waals surface area contributed by atoms with Crippen molar-refractivity contribution in [1.82, 2.24) is 24.2 Å². The molecule has 0 aliphatic carbocycles. The van der Waals surface area contributed by atoms with Crippen LogP contribution in [0.5, 0.6) is 0 Å². The number of sulfonamides is 1. The third-order valence-electron chi connectivity index (χ3n) is 3.75. The monoisotopic (exact) mass is 450 g/mol. The number of aryl methyl sites for hydroxylation is 2. The highest BCUT2D eigenvalue weighted by molar-refractivity contribution is 9.10. The van der Waals surface area contributed by atoms with Crippen LogP contribution >= 0.6 is 15.9 Å². The molecule has 0 aliphatic heterocycles. The second-order valence-electron chi connectivity index (χ2n) is 5.76. The summed E-state index contributed by atoms with van der Waals surface area (Å²) in [4.78, 5) is 13.1. The van der Waals surface area contributed by atoms with Gasteiger partial charge in [-0.3, -0.25) is 4.57 Å². The Morgan fingerprint density at radius 2 is 1.93 bits per heavy atom. The number of rotatable bonds is 7. The summed E-state index contributed by atoms with van der Waals surface area (Å²) < 4.78 is 29.7. The van der Waals surface area contributed by atoms with Crippen LogP contribution in [0, 0.1) is 13.8 Å². The largest absolute Gasteiger partial charge is 0.369 e. The van der Waals surface area contributed by atoms with Crippen molar-refractivity contribution in [3.8, 4) is 5.82 Å². The summed E-state index contributed by atoms with van der Waals surface area (Å²) in [5.41, 5.74) is 0. The number of hydrogen-bond acceptors (Lipinski definition) is 6. The zero-order chi connectivity index (χ0) is 19.4. The molecule has 0 saturated carbocycles. The van der Waals surface area contributed by atoms with Crippen LogP contribution in [0.15, 0.2) is 52.1 Å². The topological polar surface area (TPSA) is 102 Å². The summed E-state index contributed by atoms with van der Waals surface area (Å²) in [6.07, 6.45) is 3.53. The second-order valence-corrected chi connectivity index (χ2v) is 8.35. The van der Waals surface area contributed by atoms with Gasteiger partial charge in [0.1, 0.15) is 23.3 Å². The summed E-state index contributed by atoms with van der Waals surface area (Å²) in [7, 11) is -3.58. The van der Waals surface area contributed by atoms with Gasteiger partial charge in [-0.05, 0) is 41.9 Å². The second kappa shape index (κ2) is 8.15. The summed E-state index contributed by atoms with van der Waals surface area (Å²) in [5, 5.41) is 3.12. The standard InChI is InChI=1S/C17H19BrN6O2S/c1-12-22-16(11-17(23-12)24-10-9-19-13(24)2)20-7-8-21-27(25,26)15-6-4-3-5-14(15)18/h3-6,9-11,21H,7-8H2,1-2H3,(H,20,22,23). The predicted molar refractivity (Wildman–Crippen MR) is 106 cm³/mol. The minimum absolute atomic E-state index is 0.209. The SMILES string of the molecule is Cc1nc(NCCNS(=O)(=O)c2ccccc2Br)cc(-n2ccnc2C)n1. The Hall–Kier alpha value is -2.30. The molecular weight excluding hydrogens is 432 g/mol. The molecule has 1 aromatic carbocycles. The Balaban J connectivity index is 1.64. The molecule has 8 nitrogen and oxygen atoms in total. The van der Waals surface area contributed by atoms with E-state index in [0.717, 1.165) is 5.82 Å². The maximum atomic E-state index is 12.4. The molecule has 0 spiro atoms. The van der Waals surface area contributed by atoms with Crippen LogP contribution < -0.4 is 10.0 Å². The maximum absolute atomic E-state index is 12.4. The van der Waals surface area contributed by atoms with Gasteiger partial charge in [0.05, 0.1) is 4.90 Å². The third kappa shape index (κ3) is 4.71. The van der Waals surface area contributed by atoms with Crippen LogP contribution in [0.25, 0.3) is 5.82 Å². The van der Waals surface area contributed by atoms with E-state index in [9.17, 15) is 8.42 Å². The summed E-state index contributed by atoms with van der Waals surface area (Å²) in [6, 6.07) is 8.48. The normalized spacial score (nSPS) is 11.5. The average Bonchev–Trinajstić information content (AvgIpc) is 3.04. The molecule has 2 aromatic heterocycles. The molecule has 3 rings (SSSR count). The van der Waals surface area contributed by atoms with E-state index in [0.29, 0.717) is 28.5 Å². The fourth-order valence-electron chi connectivity index (χ4n) is 2.50. The highest BCUT2D eigenvalue weighted by atomic mass is 79.9. The van der Waals surface area contributed by atoms with Crippen molar-refractivity contribution in [1.29, 1.82) is 0 Å². The molecule has 0 amide bonds. The van der Waals surface area contributed by atoms with Gasteiger partial charge in [-0.2, -0.15) is 0 Å². The molecule has 0 unspecified atom stereocenters. The molecule has 0 atom stereocenters. The average molecular weight is 451 g/mol. The Labute approximate surface area is 166 Å². The number of nitrogens with one attached hydrogen (secondary N) is 2. The summed E-state index contributed by atoms with van der Waals surface area (Å²) in [5.74, 6) is 2.75. The molecule has 10 heteroatoms. The Kier molecular flexibility index (Phi) is 5.88. The van der Waals surface area contributed by atoms with Crippen LogP contribution in [0.3, 0.4) is 0 Å². The molecule has 142 valence electrons. The highest BCUT2D eigenvalue weighted by Gasteiger charge is 2.16. The fourth-order valence-corrected chi connectivity index (χ4v) is 4.54. The van der Waals surface area contributed by atoms with Crippen LogP contribution in [0.4, 0.5) is 5.82 Å². The van der Waals surface area contributed by atoms with Crippen molar-refractivity contribution in [2.24, 2.45) is 0 Å². The lowest BCUT2D eigenvalue weighted by Gasteiger charge is -2.11. The van der Waals surface area contributed by atoms with Gasteiger partial charge in [0.2, 0.25) is 10.0 Å². The van der Waals surface area contributed by atoms with E-state index in [-0.39, 0.29) is 11.4 Å². The van der Waals surface area contributed by atoms with Crippen LogP contribution in [-0.2, 0) is 10.0 Å². The van der Waals surface area contributed by atoms with E-state index in [1.165, 1.54) is 0 Å². The molecule has 2 N–H and O–H groups in total. The van der Waals surface area contributed by atoms with E-state index in [1.807, 2.05) is 17.7 Å². The molecule has 0 aliphatic rings. The van der Waals surface area contributed by atoms with E-state index >= 15 is 0 Å². The lowest BCUT2D eigenvalue weighted by molar-refractivity contribution is 0.582. The van der Waals surface area contributed by atoms with Crippen LogP contribution in [0.1, 0.15) is 11.6 Å². The Morgan fingerprint density at radius 3 is 2.63 bits per heavy atom. The summed E-state index contributed by atoms with van der Waals surface area (Å²) >= 11 is 3.26. The number of aromatic nitrogens is 4. The van der Waals surface area contributed by atoms with Crippen LogP contribution in [0.2, 0.25) is 0 Å². The third-order valence-corrected chi connectivity index (χ3v) is 6.22. The molecule has 0 radical (unpaired) electrons. The lowest BCUT2D eigenvalue weighted by Crippen LogP contribution is -2.29. The molecule has 0 bridgehead atoms. The van der Waals surface area contributed by atoms with Crippen molar-refractivity contribution in [2.45, 2.75) is 18.7 Å². The number of anilines is 1. The van der Waals surface area contributed by atoms with Gasteiger partial charge in [0, 0.05) is 36.0 Å². The van der Waals surface area contributed by atoms with Gasteiger partial charge in [0.25, 0.3) is 0 Å². The highest BCUT2D eigenvalue weighted by Crippen LogP contribution is 2.20. The zero-order valence-electron chi connectivity index (χ0n) is 14.8. The van der Waals surface area contributed by atoms with E-state index in [4.69, 9.17) is 0 Å². The van der Waals surface area contributed by atoms with Crippen molar-refractivity contribution >= 4 is 31.8 Å². The molecule has 2 heterocycles. The molecule has 0 fully saturated rings. The van der Waals surface area contributed by atoms with Crippen molar-refractivity contribution in [2.75, 3.05) is 18.4 Å². The Morgan fingerprint density at radius 1 is 1.15 bits per heavy atom.